The highest BCUT2D eigenvalue weighted by atomic mass is 16.3. The third kappa shape index (κ3) is 3.23. The maximum Gasteiger partial charge on any atom is 0.120 e. The number of aromatic nitrogens is 1. The van der Waals surface area contributed by atoms with Crippen LogP contribution in [0.2, 0.25) is 0 Å². The van der Waals surface area contributed by atoms with Gasteiger partial charge in [0.25, 0.3) is 0 Å². The highest BCUT2D eigenvalue weighted by Gasteiger charge is 2.14. The number of hydrogen-bond donors (Lipinski definition) is 3. The monoisotopic (exact) mass is 258 g/mol. The van der Waals surface area contributed by atoms with E-state index in [2.05, 4.69) is 10.3 Å². The average Bonchev–Trinajstić information content (AvgIpc) is 2.42. The summed E-state index contributed by atoms with van der Waals surface area (Å²) in [5.41, 5.74) is 1.81. The van der Waals surface area contributed by atoms with Gasteiger partial charge in [-0.15, -0.1) is 0 Å². The summed E-state index contributed by atoms with van der Waals surface area (Å²) in [6, 6.07) is 8.50. The first-order chi connectivity index (χ1) is 9.08. The van der Waals surface area contributed by atoms with Crippen molar-refractivity contribution in [1.82, 2.24) is 10.3 Å². The van der Waals surface area contributed by atoms with Gasteiger partial charge in [0, 0.05) is 30.0 Å². The van der Waals surface area contributed by atoms with Gasteiger partial charge >= 0.3 is 0 Å². The Morgan fingerprint density at radius 2 is 1.68 bits per heavy atom. The lowest BCUT2D eigenvalue weighted by atomic mass is 10.0. The van der Waals surface area contributed by atoms with Crippen molar-refractivity contribution in [2.45, 2.75) is 25.9 Å². The van der Waals surface area contributed by atoms with Gasteiger partial charge in [-0.25, -0.2) is 0 Å². The second-order valence-electron chi connectivity index (χ2n) is 4.63. The normalized spacial score (nSPS) is 14.0. The number of nitrogens with one attached hydrogen (secondary N) is 1. The quantitative estimate of drug-likeness (QED) is 0.738. The first-order valence-corrected chi connectivity index (χ1v) is 6.26. The van der Waals surface area contributed by atoms with Gasteiger partial charge in [-0.2, -0.15) is 0 Å². The molecule has 1 aromatic heterocycles. The number of phenols is 2. The van der Waals surface area contributed by atoms with Crippen LogP contribution in [0.4, 0.5) is 0 Å². The van der Waals surface area contributed by atoms with Crippen LogP contribution in [0.15, 0.2) is 42.7 Å². The average molecular weight is 258 g/mol. The van der Waals surface area contributed by atoms with Crippen LogP contribution in [0.25, 0.3) is 0 Å². The molecule has 1 heterocycles. The number of aromatic hydroxyl groups is 2. The first-order valence-electron chi connectivity index (χ1n) is 6.26. The number of hydrogen-bond acceptors (Lipinski definition) is 4. The Kier molecular flexibility index (Phi) is 4.02. The smallest absolute Gasteiger partial charge is 0.120 e. The summed E-state index contributed by atoms with van der Waals surface area (Å²) in [5, 5.41) is 22.7. The van der Waals surface area contributed by atoms with E-state index in [9.17, 15) is 10.2 Å². The van der Waals surface area contributed by atoms with Crippen LogP contribution in [-0.2, 0) is 0 Å². The van der Waals surface area contributed by atoms with Crippen LogP contribution in [0.5, 0.6) is 11.5 Å². The van der Waals surface area contributed by atoms with E-state index in [4.69, 9.17) is 0 Å². The molecular formula is C15H18N2O2. The molecule has 0 aliphatic rings. The molecule has 0 saturated heterocycles. The molecule has 0 fully saturated rings. The zero-order chi connectivity index (χ0) is 13.8. The topological polar surface area (TPSA) is 65.4 Å². The van der Waals surface area contributed by atoms with Crippen molar-refractivity contribution in [1.29, 1.82) is 0 Å². The highest BCUT2D eigenvalue weighted by molar-refractivity contribution is 5.40. The Morgan fingerprint density at radius 1 is 1.00 bits per heavy atom. The summed E-state index contributed by atoms with van der Waals surface area (Å²) in [7, 11) is 0. The lowest BCUT2D eigenvalue weighted by molar-refractivity contribution is 0.429. The van der Waals surface area contributed by atoms with Crippen molar-refractivity contribution in [2.75, 3.05) is 0 Å². The zero-order valence-corrected chi connectivity index (χ0v) is 11.0. The minimum atomic E-state index is -0.0738. The summed E-state index contributed by atoms with van der Waals surface area (Å²) in [5.74, 6) is 0.331. The lowest BCUT2D eigenvalue weighted by Gasteiger charge is -2.21. The van der Waals surface area contributed by atoms with E-state index < -0.39 is 0 Å². The number of rotatable bonds is 4. The molecule has 1 aromatic carbocycles. The van der Waals surface area contributed by atoms with E-state index in [0.717, 1.165) is 5.56 Å². The molecule has 3 N–H and O–H groups in total. The molecule has 4 nitrogen and oxygen atoms in total. The second kappa shape index (κ2) is 5.71. The Hall–Kier alpha value is -2.07. The van der Waals surface area contributed by atoms with Gasteiger partial charge < -0.3 is 15.5 Å². The third-order valence-electron chi connectivity index (χ3n) is 3.18. The first kappa shape index (κ1) is 13.4. The maximum absolute atomic E-state index is 9.83. The van der Waals surface area contributed by atoms with Crippen LogP contribution in [0, 0.1) is 0 Å². The van der Waals surface area contributed by atoms with E-state index in [0.29, 0.717) is 5.56 Å². The van der Waals surface area contributed by atoms with Crippen molar-refractivity contribution in [3.8, 4) is 11.5 Å². The van der Waals surface area contributed by atoms with Gasteiger partial charge in [0.2, 0.25) is 0 Å². The molecule has 2 aromatic rings. The fourth-order valence-electron chi connectivity index (χ4n) is 2.10. The van der Waals surface area contributed by atoms with Crippen LogP contribution >= 0.6 is 0 Å². The molecule has 0 amide bonds. The molecule has 0 spiro atoms. The van der Waals surface area contributed by atoms with Gasteiger partial charge in [-0.1, -0.05) is 0 Å². The number of pyridine rings is 1. The maximum atomic E-state index is 9.83. The van der Waals surface area contributed by atoms with E-state index >= 15 is 0 Å². The largest absolute Gasteiger partial charge is 0.508 e. The van der Waals surface area contributed by atoms with Gasteiger partial charge in [0.05, 0.1) is 0 Å². The van der Waals surface area contributed by atoms with Crippen molar-refractivity contribution in [2.24, 2.45) is 0 Å². The predicted molar refractivity (Wildman–Crippen MR) is 74.0 cm³/mol. The van der Waals surface area contributed by atoms with E-state index in [-0.39, 0.29) is 23.6 Å². The fraction of sp³-hybridized carbons (Fsp3) is 0.267. The molecule has 1 unspecified atom stereocenters. The summed E-state index contributed by atoms with van der Waals surface area (Å²) < 4.78 is 0. The molecule has 0 radical (unpaired) electrons. The van der Waals surface area contributed by atoms with Gasteiger partial charge in [-0.3, -0.25) is 4.98 Å². The molecule has 0 bridgehead atoms. The Bertz CT molecular complexity index is 543. The predicted octanol–water partition coefficient (Wildman–Crippen LogP) is 2.90. The molecule has 0 aliphatic carbocycles. The fourth-order valence-corrected chi connectivity index (χ4v) is 2.10. The minimum absolute atomic E-state index is 0.0738. The Morgan fingerprint density at radius 3 is 2.37 bits per heavy atom. The molecular weight excluding hydrogens is 240 g/mol. The van der Waals surface area contributed by atoms with E-state index in [1.54, 1.807) is 18.5 Å². The van der Waals surface area contributed by atoms with E-state index in [1.807, 2.05) is 26.0 Å². The molecule has 2 atom stereocenters. The lowest BCUT2D eigenvalue weighted by Crippen LogP contribution is -2.22. The standard InChI is InChI=1S/C15H18N2O2/c1-10(12-5-7-16-8-6-12)17-11(2)14-9-13(18)3-4-15(14)19/h3-11,17-19H,1-2H3/t10-,11?/m0/s1. The van der Waals surface area contributed by atoms with Gasteiger partial charge in [0.15, 0.2) is 0 Å². The summed E-state index contributed by atoms with van der Waals surface area (Å²) in [6.07, 6.45) is 3.51. The van der Waals surface area contributed by atoms with Gasteiger partial charge in [0.1, 0.15) is 11.5 Å². The van der Waals surface area contributed by atoms with Crippen LogP contribution in [0.3, 0.4) is 0 Å². The SMILES string of the molecule is CC(N[C@@H](C)c1ccncc1)c1cc(O)ccc1O. The third-order valence-corrected chi connectivity index (χ3v) is 3.18. The van der Waals surface area contributed by atoms with Crippen LogP contribution in [0.1, 0.15) is 37.1 Å². The number of phenolic OH excluding ortho intramolecular Hbond substituents is 2. The summed E-state index contributed by atoms with van der Waals surface area (Å²) in [6.45, 7) is 4.00. The molecule has 0 aliphatic heterocycles. The van der Waals surface area contributed by atoms with Crippen molar-refractivity contribution >= 4 is 0 Å². The highest BCUT2D eigenvalue weighted by Crippen LogP contribution is 2.29. The summed E-state index contributed by atoms with van der Waals surface area (Å²) >= 11 is 0. The molecule has 100 valence electrons. The number of benzene rings is 1. The summed E-state index contributed by atoms with van der Waals surface area (Å²) in [4.78, 5) is 3.99. The van der Waals surface area contributed by atoms with Crippen LogP contribution < -0.4 is 5.32 Å². The zero-order valence-electron chi connectivity index (χ0n) is 11.0. The molecule has 4 heteroatoms. The minimum Gasteiger partial charge on any atom is -0.508 e. The van der Waals surface area contributed by atoms with Gasteiger partial charge in [-0.05, 0) is 49.7 Å². The Labute approximate surface area is 112 Å². The van der Waals surface area contributed by atoms with E-state index in [1.165, 1.54) is 12.1 Å². The van der Waals surface area contributed by atoms with Crippen molar-refractivity contribution in [3.63, 3.8) is 0 Å². The molecule has 19 heavy (non-hydrogen) atoms. The molecule has 0 saturated carbocycles. The van der Waals surface area contributed by atoms with Crippen molar-refractivity contribution < 1.29 is 10.2 Å². The molecule has 2 rings (SSSR count). The Balaban J connectivity index is 2.13. The van der Waals surface area contributed by atoms with Crippen molar-refractivity contribution in [3.05, 3.63) is 53.9 Å². The second-order valence-corrected chi connectivity index (χ2v) is 4.63. The number of nitrogens with zero attached hydrogens (tertiary/aromatic N) is 1. The van der Waals surface area contributed by atoms with Crippen LogP contribution in [-0.4, -0.2) is 15.2 Å².